The third-order valence-corrected chi connectivity index (χ3v) is 2.07. The summed E-state index contributed by atoms with van der Waals surface area (Å²) >= 11 is 0. The SMILES string of the molecule is Cc1cc(N(CCC(=O)O)C(N)=O)n(C)n1. The summed E-state index contributed by atoms with van der Waals surface area (Å²) in [6.07, 6.45) is -0.160. The van der Waals surface area contributed by atoms with Gasteiger partial charge >= 0.3 is 12.0 Å². The first-order chi connectivity index (χ1) is 7.41. The quantitative estimate of drug-likeness (QED) is 0.759. The molecule has 1 aromatic heterocycles. The van der Waals surface area contributed by atoms with E-state index in [1.54, 1.807) is 20.0 Å². The molecule has 0 fully saturated rings. The Labute approximate surface area is 92.4 Å². The van der Waals surface area contributed by atoms with Crippen LogP contribution in [-0.2, 0) is 11.8 Å². The molecule has 1 heterocycles. The van der Waals surface area contributed by atoms with Gasteiger partial charge in [0.05, 0.1) is 12.1 Å². The highest BCUT2D eigenvalue weighted by molar-refractivity contribution is 5.90. The normalized spacial score (nSPS) is 10.1. The molecule has 0 bridgehead atoms. The summed E-state index contributed by atoms with van der Waals surface area (Å²) in [5.74, 6) is -0.489. The third kappa shape index (κ3) is 2.72. The van der Waals surface area contributed by atoms with Crippen molar-refractivity contribution in [1.29, 1.82) is 0 Å². The molecule has 0 aliphatic rings. The molecule has 3 N–H and O–H groups in total. The minimum absolute atomic E-state index is 0.0314. The number of carboxylic acid groups (broad SMARTS) is 1. The highest BCUT2D eigenvalue weighted by Gasteiger charge is 2.17. The molecule has 2 amide bonds. The van der Waals surface area contributed by atoms with Crippen LogP contribution in [0.2, 0.25) is 0 Å². The number of amides is 2. The molecule has 0 aromatic carbocycles. The predicted octanol–water partition coefficient (Wildman–Crippen LogP) is 0.0883. The maximum absolute atomic E-state index is 11.2. The molecule has 1 aromatic rings. The van der Waals surface area contributed by atoms with Crippen molar-refractivity contribution >= 4 is 17.8 Å². The Morgan fingerprint density at radius 3 is 2.62 bits per heavy atom. The number of primary amides is 1. The number of hydrogen-bond donors (Lipinski definition) is 2. The number of aliphatic carboxylic acids is 1. The van der Waals surface area contributed by atoms with Crippen molar-refractivity contribution in [3.05, 3.63) is 11.8 Å². The number of anilines is 1. The summed E-state index contributed by atoms with van der Waals surface area (Å²) in [4.78, 5) is 22.8. The van der Waals surface area contributed by atoms with Gasteiger partial charge in [0, 0.05) is 19.7 Å². The molecule has 16 heavy (non-hydrogen) atoms. The molecule has 0 spiro atoms. The van der Waals surface area contributed by atoms with E-state index in [0.717, 1.165) is 5.69 Å². The Kier molecular flexibility index (Phi) is 3.49. The summed E-state index contributed by atoms with van der Waals surface area (Å²) in [5.41, 5.74) is 5.92. The lowest BCUT2D eigenvalue weighted by Crippen LogP contribution is -2.38. The second-order valence-electron chi connectivity index (χ2n) is 3.40. The van der Waals surface area contributed by atoms with Crippen LogP contribution in [0.5, 0.6) is 0 Å². The van der Waals surface area contributed by atoms with Crippen LogP contribution in [0.4, 0.5) is 10.6 Å². The summed E-state index contributed by atoms with van der Waals surface area (Å²) < 4.78 is 1.49. The highest BCUT2D eigenvalue weighted by Crippen LogP contribution is 2.14. The van der Waals surface area contributed by atoms with Crippen LogP contribution in [-0.4, -0.2) is 33.4 Å². The molecule has 0 aliphatic carbocycles. The average Bonchev–Trinajstić information content (AvgIpc) is 2.45. The molecule has 0 atom stereocenters. The number of aromatic nitrogens is 2. The first-order valence-electron chi connectivity index (χ1n) is 4.71. The summed E-state index contributed by atoms with van der Waals surface area (Å²) in [5, 5.41) is 12.6. The lowest BCUT2D eigenvalue weighted by atomic mass is 10.3. The Bertz CT molecular complexity index is 413. The zero-order chi connectivity index (χ0) is 12.3. The van der Waals surface area contributed by atoms with E-state index in [1.807, 2.05) is 0 Å². The fourth-order valence-electron chi connectivity index (χ4n) is 1.39. The van der Waals surface area contributed by atoms with E-state index in [2.05, 4.69) is 5.10 Å². The molecule has 7 heteroatoms. The number of carboxylic acids is 1. The van der Waals surface area contributed by atoms with E-state index in [1.165, 1.54) is 9.58 Å². The van der Waals surface area contributed by atoms with Gasteiger partial charge < -0.3 is 10.8 Å². The summed E-state index contributed by atoms with van der Waals surface area (Å²) in [7, 11) is 1.67. The van der Waals surface area contributed by atoms with Crippen LogP contribution in [0.25, 0.3) is 0 Å². The predicted molar refractivity (Wildman–Crippen MR) is 57.1 cm³/mol. The van der Waals surface area contributed by atoms with Crippen LogP contribution < -0.4 is 10.6 Å². The monoisotopic (exact) mass is 226 g/mol. The van der Waals surface area contributed by atoms with Crippen LogP contribution in [0.1, 0.15) is 12.1 Å². The first-order valence-corrected chi connectivity index (χ1v) is 4.71. The minimum Gasteiger partial charge on any atom is -0.481 e. The van der Waals surface area contributed by atoms with Crippen molar-refractivity contribution < 1.29 is 14.7 Å². The van der Waals surface area contributed by atoms with Gasteiger partial charge in [0.25, 0.3) is 0 Å². The topological polar surface area (TPSA) is 101 Å². The molecule has 0 aliphatic heterocycles. The summed E-state index contributed by atoms with van der Waals surface area (Å²) in [6.45, 7) is 1.81. The third-order valence-electron chi connectivity index (χ3n) is 2.07. The zero-order valence-electron chi connectivity index (χ0n) is 9.17. The van der Waals surface area contributed by atoms with Crippen molar-refractivity contribution in [1.82, 2.24) is 9.78 Å². The van der Waals surface area contributed by atoms with Crippen molar-refractivity contribution in [3.8, 4) is 0 Å². The molecule has 0 saturated heterocycles. The molecule has 0 radical (unpaired) electrons. The van der Waals surface area contributed by atoms with Gasteiger partial charge in [0.15, 0.2) is 0 Å². The fourth-order valence-corrected chi connectivity index (χ4v) is 1.39. The second kappa shape index (κ2) is 4.65. The number of aryl methyl sites for hydroxylation is 2. The van der Waals surface area contributed by atoms with Crippen LogP contribution in [0.3, 0.4) is 0 Å². The van der Waals surface area contributed by atoms with Crippen molar-refractivity contribution in [3.63, 3.8) is 0 Å². The largest absolute Gasteiger partial charge is 0.481 e. The smallest absolute Gasteiger partial charge is 0.320 e. The lowest BCUT2D eigenvalue weighted by Gasteiger charge is -2.18. The molecular weight excluding hydrogens is 212 g/mol. The average molecular weight is 226 g/mol. The number of nitrogens with zero attached hydrogens (tertiary/aromatic N) is 3. The van der Waals surface area contributed by atoms with Gasteiger partial charge in [-0.05, 0) is 6.92 Å². The minimum atomic E-state index is -0.981. The maximum atomic E-state index is 11.2. The molecule has 88 valence electrons. The van der Waals surface area contributed by atoms with Crippen molar-refractivity contribution in [2.75, 3.05) is 11.4 Å². The number of nitrogens with two attached hydrogens (primary N) is 1. The molecule has 0 unspecified atom stereocenters. The Morgan fingerprint density at radius 1 is 1.62 bits per heavy atom. The number of carbonyl (C=O) groups excluding carboxylic acids is 1. The van der Waals surface area contributed by atoms with E-state index in [0.29, 0.717) is 5.82 Å². The van der Waals surface area contributed by atoms with Gasteiger partial charge in [-0.15, -0.1) is 0 Å². The Hall–Kier alpha value is -2.05. The van der Waals surface area contributed by atoms with Gasteiger partial charge in [-0.2, -0.15) is 5.10 Å². The highest BCUT2D eigenvalue weighted by atomic mass is 16.4. The lowest BCUT2D eigenvalue weighted by molar-refractivity contribution is -0.136. The van der Waals surface area contributed by atoms with E-state index in [4.69, 9.17) is 10.8 Å². The first kappa shape index (κ1) is 12.0. The Balaban J connectivity index is 2.89. The maximum Gasteiger partial charge on any atom is 0.320 e. The van der Waals surface area contributed by atoms with Crippen molar-refractivity contribution in [2.24, 2.45) is 12.8 Å². The number of rotatable bonds is 4. The van der Waals surface area contributed by atoms with Gasteiger partial charge in [-0.1, -0.05) is 0 Å². The number of urea groups is 1. The van der Waals surface area contributed by atoms with Crippen LogP contribution in [0, 0.1) is 6.92 Å². The van der Waals surface area contributed by atoms with Gasteiger partial charge in [0.2, 0.25) is 0 Å². The van der Waals surface area contributed by atoms with E-state index >= 15 is 0 Å². The molecular formula is C9H14N4O3. The second-order valence-corrected chi connectivity index (χ2v) is 3.40. The standard InChI is InChI=1S/C9H14N4O3/c1-6-5-7(12(2)11-6)13(9(10)16)4-3-8(14)15/h5H,3-4H2,1-2H3,(H2,10,16)(H,14,15). The van der Waals surface area contributed by atoms with Gasteiger partial charge in [-0.25, -0.2) is 4.79 Å². The van der Waals surface area contributed by atoms with Gasteiger partial charge in [-0.3, -0.25) is 14.4 Å². The molecule has 0 saturated carbocycles. The van der Waals surface area contributed by atoms with E-state index in [-0.39, 0.29) is 13.0 Å². The number of carbonyl (C=O) groups is 2. The van der Waals surface area contributed by atoms with Gasteiger partial charge in [0.1, 0.15) is 5.82 Å². The zero-order valence-corrected chi connectivity index (χ0v) is 9.17. The Morgan fingerprint density at radius 2 is 2.25 bits per heavy atom. The van der Waals surface area contributed by atoms with E-state index < -0.39 is 12.0 Å². The van der Waals surface area contributed by atoms with Crippen LogP contribution in [0.15, 0.2) is 6.07 Å². The van der Waals surface area contributed by atoms with Crippen LogP contribution >= 0.6 is 0 Å². The number of hydrogen-bond acceptors (Lipinski definition) is 3. The van der Waals surface area contributed by atoms with Crippen molar-refractivity contribution in [2.45, 2.75) is 13.3 Å². The van der Waals surface area contributed by atoms with E-state index in [9.17, 15) is 9.59 Å². The molecule has 7 nitrogen and oxygen atoms in total. The fraction of sp³-hybridized carbons (Fsp3) is 0.444. The molecule has 1 rings (SSSR count). The summed E-state index contributed by atoms with van der Waals surface area (Å²) in [6, 6.07) is 0.983.